The number of hydrogen-bond donors (Lipinski definition) is 0. The summed E-state index contributed by atoms with van der Waals surface area (Å²) in [6.45, 7) is 0. The van der Waals surface area contributed by atoms with E-state index in [1.54, 1.807) is 5.38 Å². The number of halogens is 3. The first-order valence-corrected chi connectivity index (χ1v) is 4.24. The monoisotopic (exact) mass is 211 g/mol. The van der Waals surface area contributed by atoms with Crippen molar-refractivity contribution in [3.63, 3.8) is 0 Å². The molecule has 0 unspecified atom stereocenters. The lowest BCUT2D eigenvalue weighted by molar-refractivity contribution is -0.132. The molecule has 12 heavy (non-hydrogen) atoms. The van der Waals surface area contributed by atoms with E-state index in [1.807, 2.05) is 0 Å². The predicted molar refractivity (Wildman–Crippen MR) is 41.6 cm³/mol. The second-order valence-corrected chi connectivity index (χ2v) is 3.48. The van der Waals surface area contributed by atoms with Crippen molar-refractivity contribution < 1.29 is 13.6 Å². The van der Waals surface area contributed by atoms with Crippen LogP contribution < -0.4 is 0 Å². The first-order valence-electron chi connectivity index (χ1n) is 2.98. The third-order valence-electron chi connectivity index (χ3n) is 1.11. The molecule has 2 nitrogen and oxygen atoms in total. The Labute approximate surface area is 76.2 Å². The minimum atomic E-state index is -3.77. The van der Waals surface area contributed by atoms with Gasteiger partial charge in [0.2, 0.25) is 5.78 Å². The van der Waals surface area contributed by atoms with Gasteiger partial charge < -0.3 is 0 Å². The number of rotatable bonds is 3. The molecule has 0 radical (unpaired) electrons. The van der Waals surface area contributed by atoms with E-state index in [-0.39, 0.29) is 0 Å². The highest BCUT2D eigenvalue weighted by Gasteiger charge is 2.35. The van der Waals surface area contributed by atoms with Gasteiger partial charge in [-0.15, -0.1) is 11.3 Å². The van der Waals surface area contributed by atoms with Crippen LogP contribution in [0.25, 0.3) is 0 Å². The highest BCUT2D eigenvalue weighted by atomic mass is 35.5. The fourth-order valence-electron chi connectivity index (χ4n) is 0.578. The van der Waals surface area contributed by atoms with Crippen molar-refractivity contribution in [1.82, 2.24) is 4.98 Å². The minimum Gasteiger partial charge on any atom is -0.291 e. The molecule has 0 spiro atoms. The summed E-state index contributed by atoms with van der Waals surface area (Å²) in [5.74, 6) is -1.32. The number of carbonyl (C=O) groups is 1. The van der Waals surface area contributed by atoms with Gasteiger partial charge in [0.15, 0.2) is 0 Å². The minimum absolute atomic E-state index is 0.348. The number of alkyl halides is 3. The molecule has 0 saturated carbocycles. The Kier molecular flexibility index (Phi) is 2.74. The molecule has 0 fully saturated rings. The molecular formula is C6H4ClF2NOS. The Bertz CT molecular complexity index is 270. The van der Waals surface area contributed by atoms with Gasteiger partial charge in [-0.05, 0) is 11.6 Å². The van der Waals surface area contributed by atoms with E-state index < -0.39 is 17.6 Å². The van der Waals surface area contributed by atoms with Gasteiger partial charge in [-0.25, -0.2) is 4.98 Å². The summed E-state index contributed by atoms with van der Waals surface area (Å²) in [7, 11) is 0. The molecule has 66 valence electrons. The normalized spacial score (nSPS) is 11.6. The van der Waals surface area contributed by atoms with Crippen molar-refractivity contribution in [2.75, 3.05) is 0 Å². The van der Waals surface area contributed by atoms with Crippen molar-refractivity contribution in [3.8, 4) is 0 Å². The second kappa shape index (κ2) is 3.45. The van der Waals surface area contributed by atoms with E-state index in [2.05, 4.69) is 16.6 Å². The first kappa shape index (κ1) is 9.54. The smallest absolute Gasteiger partial charge is 0.291 e. The van der Waals surface area contributed by atoms with Gasteiger partial charge in [0.05, 0.1) is 6.42 Å². The summed E-state index contributed by atoms with van der Waals surface area (Å²) in [5.41, 5.74) is 0. The van der Waals surface area contributed by atoms with Gasteiger partial charge in [-0.3, -0.25) is 4.79 Å². The molecule has 1 aromatic rings. The van der Waals surface area contributed by atoms with Crippen LogP contribution in [0.2, 0.25) is 0 Å². The Hall–Kier alpha value is -0.550. The van der Waals surface area contributed by atoms with Gasteiger partial charge in [-0.2, -0.15) is 8.78 Å². The zero-order chi connectivity index (χ0) is 9.19. The largest absolute Gasteiger partial charge is 0.380 e. The molecule has 0 bridgehead atoms. The fraction of sp³-hybridized carbons (Fsp3) is 0.333. The lowest BCUT2D eigenvalue weighted by Crippen LogP contribution is -2.23. The Morgan fingerprint density at radius 1 is 1.75 bits per heavy atom. The van der Waals surface area contributed by atoms with Crippen LogP contribution >= 0.6 is 22.9 Å². The predicted octanol–water partition coefficient (Wildman–Crippen LogP) is 2.09. The van der Waals surface area contributed by atoms with Crippen LogP contribution in [0.5, 0.6) is 0 Å². The van der Waals surface area contributed by atoms with Gasteiger partial charge in [0, 0.05) is 11.6 Å². The molecule has 1 heterocycles. The van der Waals surface area contributed by atoms with E-state index in [4.69, 9.17) is 0 Å². The Balaban J connectivity index is 2.60. The van der Waals surface area contributed by atoms with Crippen LogP contribution in [0.4, 0.5) is 8.78 Å². The van der Waals surface area contributed by atoms with Crippen LogP contribution in [-0.2, 0) is 11.2 Å². The third kappa shape index (κ3) is 2.49. The molecule has 0 atom stereocenters. The molecule has 0 N–H and O–H groups in total. The summed E-state index contributed by atoms with van der Waals surface area (Å²) < 4.78 is 24.2. The number of aromatic nitrogens is 1. The molecular weight excluding hydrogens is 208 g/mol. The number of hydrogen-bond acceptors (Lipinski definition) is 3. The number of Topliss-reactive ketones (excluding diaryl/α,β-unsaturated/α-hetero) is 1. The van der Waals surface area contributed by atoms with E-state index in [0.29, 0.717) is 5.01 Å². The fourth-order valence-corrected chi connectivity index (χ4v) is 1.26. The molecule has 0 aliphatic heterocycles. The van der Waals surface area contributed by atoms with Crippen LogP contribution in [0, 0.1) is 0 Å². The molecule has 0 aromatic carbocycles. The summed E-state index contributed by atoms with van der Waals surface area (Å²) in [5, 5.41) is -1.82. The average molecular weight is 212 g/mol. The van der Waals surface area contributed by atoms with Gasteiger partial charge in [0.25, 0.3) is 0 Å². The van der Waals surface area contributed by atoms with Crippen molar-refractivity contribution in [3.05, 3.63) is 16.6 Å². The zero-order valence-corrected chi connectivity index (χ0v) is 7.33. The SMILES string of the molecule is O=C(Cc1nccs1)C(F)(F)Cl. The Morgan fingerprint density at radius 2 is 2.42 bits per heavy atom. The standard InChI is InChI=1S/C6H4ClF2NOS/c7-6(8,9)4(11)3-5-10-1-2-12-5/h1-2H,3H2. The maximum absolute atomic E-state index is 12.1. The number of ketones is 1. The Morgan fingerprint density at radius 3 is 2.83 bits per heavy atom. The summed E-state index contributed by atoms with van der Waals surface area (Å²) >= 11 is 5.64. The topological polar surface area (TPSA) is 30.0 Å². The van der Waals surface area contributed by atoms with E-state index in [0.717, 1.165) is 11.3 Å². The molecule has 0 aliphatic carbocycles. The highest BCUT2D eigenvalue weighted by Crippen LogP contribution is 2.22. The number of nitrogens with zero attached hydrogens (tertiary/aromatic N) is 1. The van der Waals surface area contributed by atoms with Crippen molar-refractivity contribution in [2.24, 2.45) is 0 Å². The first-order chi connectivity index (χ1) is 5.50. The van der Waals surface area contributed by atoms with Crippen LogP contribution in [0.3, 0.4) is 0 Å². The lowest BCUT2D eigenvalue weighted by Gasteiger charge is -2.03. The van der Waals surface area contributed by atoms with Crippen molar-refractivity contribution in [2.45, 2.75) is 11.8 Å². The molecule has 1 aromatic heterocycles. The van der Waals surface area contributed by atoms with Crippen LogP contribution in [0.1, 0.15) is 5.01 Å². The van der Waals surface area contributed by atoms with E-state index >= 15 is 0 Å². The molecule has 6 heteroatoms. The second-order valence-electron chi connectivity index (χ2n) is 2.02. The molecule has 0 saturated heterocycles. The van der Waals surface area contributed by atoms with E-state index in [9.17, 15) is 13.6 Å². The summed E-state index contributed by atoms with van der Waals surface area (Å²) in [6.07, 6.45) is 1.04. The van der Waals surface area contributed by atoms with Gasteiger partial charge in [-0.1, -0.05) is 0 Å². The number of thiazole rings is 1. The highest BCUT2D eigenvalue weighted by molar-refractivity contribution is 7.09. The van der Waals surface area contributed by atoms with E-state index in [1.165, 1.54) is 6.20 Å². The lowest BCUT2D eigenvalue weighted by atomic mass is 10.3. The summed E-state index contributed by atoms with van der Waals surface area (Å²) in [4.78, 5) is 14.3. The maximum Gasteiger partial charge on any atom is 0.380 e. The van der Waals surface area contributed by atoms with Crippen LogP contribution in [-0.4, -0.2) is 16.1 Å². The van der Waals surface area contributed by atoms with Crippen LogP contribution in [0.15, 0.2) is 11.6 Å². The quantitative estimate of drug-likeness (QED) is 0.717. The van der Waals surface area contributed by atoms with Gasteiger partial charge >= 0.3 is 5.38 Å². The zero-order valence-electron chi connectivity index (χ0n) is 5.76. The average Bonchev–Trinajstić information content (AvgIpc) is 2.37. The van der Waals surface area contributed by atoms with Gasteiger partial charge in [0.1, 0.15) is 5.01 Å². The van der Waals surface area contributed by atoms with Crippen molar-refractivity contribution >= 4 is 28.7 Å². The van der Waals surface area contributed by atoms with Crippen molar-refractivity contribution in [1.29, 1.82) is 0 Å². The molecule has 0 aliphatic rings. The maximum atomic E-state index is 12.1. The summed E-state index contributed by atoms with van der Waals surface area (Å²) in [6, 6.07) is 0. The third-order valence-corrected chi connectivity index (χ3v) is 2.10. The number of carbonyl (C=O) groups excluding carboxylic acids is 1. The molecule has 1 rings (SSSR count). The molecule has 0 amide bonds.